The molecule has 4 aliphatic heterocycles. The Labute approximate surface area is 179 Å². The van der Waals surface area contributed by atoms with Crippen LogP contribution >= 0.6 is 0 Å². The summed E-state index contributed by atoms with van der Waals surface area (Å²) in [7, 11) is 1.93. The lowest BCUT2D eigenvalue weighted by molar-refractivity contribution is -0.156. The Hall–Kier alpha value is -2.51. The Morgan fingerprint density at radius 2 is 2.33 bits per heavy atom. The second kappa shape index (κ2) is 8.70. The van der Waals surface area contributed by atoms with Crippen molar-refractivity contribution in [3.63, 3.8) is 0 Å². The first-order valence-corrected chi connectivity index (χ1v) is 10.9. The minimum Gasteiger partial charge on any atom is -0.380 e. The minimum absolute atomic E-state index is 0.0880. The highest BCUT2D eigenvalue weighted by Gasteiger charge is 2.43. The van der Waals surface area contributed by atoms with Crippen molar-refractivity contribution < 1.29 is 9.53 Å². The van der Waals surface area contributed by atoms with Crippen LogP contribution in [-0.2, 0) is 9.53 Å². The summed E-state index contributed by atoms with van der Waals surface area (Å²) in [5.41, 5.74) is 3.03. The zero-order valence-corrected chi connectivity index (χ0v) is 18.0. The lowest BCUT2D eigenvalue weighted by Crippen LogP contribution is -2.56. The van der Waals surface area contributed by atoms with E-state index >= 15 is 0 Å². The van der Waals surface area contributed by atoms with E-state index in [0.29, 0.717) is 6.54 Å². The molecule has 7 heteroatoms. The van der Waals surface area contributed by atoms with Crippen LogP contribution in [0.4, 0.5) is 0 Å². The van der Waals surface area contributed by atoms with Gasteiger partial charge in [-0.2, -0.15) is 0 Å². The van der Waals surface area contributed by atoms with Gasteiger partial charge in [0.25, 0.3) is 5.91 Å². The SMILES string of the molecule is C=CC1=C(N(CC)C2=CC(NC)NC=C2)NCC(C(=O)N2CCCC3(COC3)C2)=C1. The highest BCUT2D eigenvalue weighted by atomic mass is 16.5. The maximum atomic E-state index is 13.2. The van der Waals surface area contributed by atoms with Gasteiger partial charge < -0.3 is 25.2 Å². The average Bonchev–Trinajstić information content (AvgIpc) is 2.78. The number of allylic oxidation sites excluding steroid dienone is 4. The number of likely N-dealkylation sites (tertiary alicyclic amines) is 1. The molecular weight excluding hydrogens is 378 g/mol. The number of hydrogen-bond acceptors (Lipinski definition) is 6. The van der Waals surface area contributed by atoms with Crippen molar-refractivity contribution in [2.45, 2.75) is 25.9 Å². The molecule has 1 unspecified atom stereocenters. The number of carbonyl (C=O) groups is 1. The number of amides is 1. The van der Waals surface area contributed by atoms with Crippen LogP contribution in [0.15, 0.2) is 59.7 Å². The van der Waals surface area contributed by atoms with Gasteiger partial charge in [-0.3, -0.25) is 10.1 Å². The Balaban J connectivity index is 1.55. The van der Waals surface area contributed by atoms with Gasteiger partial charge in [-0.05, 0) is 51.2 Å². The molecule has 4 aliphatic rings. The molecular formula is C23H33N5O2. The molecule has 162 valence electrons. The number of dihydropyridines is 2. The summed E-state index contributed by atoms with van der Waals surface area (Å²) in [5, 5.41) is 9.98. The highest BCUT2D eigenvalue weighted by molar-refractivity contribution is 5.95. The minimum atomic E-state index is 0.0880. The van der Waals surface area contributed by atoms with Gasteiger partial charge in [-0.25, -0.2) is 0 Å². The number of likely N-dealkylation sites (N-methyl/N-ethyl adjacent to an activating group) is 2. The van der Waals surface area contributed by atoms with E-state index in [-0.39, 0.29) is 17.5 Å². The predicted octanol–water partition coefficient (Wildman–Crippen LogP) is 1.42. The standard InChI is InChI=1S/C23H33N5O2/c1-4-17-11-18(22(29)27-10-6-8-23(14-27)15-30-16-23)13-26-21(17)28(5-2)19-7-9-25-20(12-19)24-3/h4,7,9,11-12,20,24-26H,1,5-6,8,10,13-16H2,2-3H3. The molecule has 1 atom stereocenters. The van der Waals surface area contributed by atoms with E-state index in [4.69, 9.17) is 4.74 Å². The van der Waals surface area contributed by atoms with Gasteiger partial charge in [0.05, 0.1) is 19.4 Å². The summed E-state index contributed by atoms with van der Waals surface area (Å²) in [6.07, 6.45) is 12.3. The molecule has 0 radical (unpaired) electrons. The monoisotopic (exact) mass is 411 g/mol. The van der Waals surface area contributed by atoms with Crippen LogP contribution in [0.3, 0.4) is 0 Å². The highest BCUT2D eigenvalue weighted by Crippen LogP contribution is 2.37. The predicted molar refractivity (Wildman–Crippen MR) is 118 cm³/mol. The molecule has 2 fully saturated rings. The molecule has 1 spiro atoms. The van der Waals surface area contributed by atoms with Crippen molar-refractivity contribution >= 4 is 5.91 Å². The topological polar surface area (TPSA) is 68.9 Å². The number of nitrogens with one attached hydrogen (secondary N) is 3. The Kier molecular flexibility index (Phi) is 6.01. The number of hydrogen-bond donors (Lipinski definition) is 3. The smallest absolute Gasteiger partial charge is 0.251 e. The van der Waals surface area contributed by atoms with E-state index in [2.05, 4.69) is 46.5 Å². The Morgan fingerprint density at radius 1 is 1.50 bits per heavy atom. The second-order valence-corrected chi connectivity index (χ2v) is 8.46. The first kappa shape index (κ1) is 20.8. The summed E-state index contributed by atoms with van der Waals surface area (Å²) in [6.45, 7) is 10.7. The van der Waals surface area contributed by atoms with Gasteiger partial charge in [0, 0.05) is 48.4 Å². The number of piperidine rings is 1. The maximum Gasteiger partial charge on any atom is 0.251 e. The van der Waals surface area contributed by atoms with E-state index in [9.17, 15) is 4.79 Å². The van der Waals surface area contributed by atoms with E-state index < -0.39 is 0 Å². The van der Waals surface area contributed by atoms with Crippen LogP contribution in [0.1, 0.15) is 19.8 Å². The average molecular weight is 412 g/mol. The van der Waals surface area contributed by atoms with Crippen molar-refractivity contribution in [1.29, 1.82) is 0 Å². The summed E-state index contributed by atoms with van der Waals surface area (Å²) in [6, 6.07) is 0. The van der Waals surface area contributed by atoms with Gasteiger partial charge >= 0.3 is 0 Å². The third kappa shape index (κ3) is 3.91. The van der Waals surface area contributed by atoms with Crippen molar-refractivity contribution in [3.05, 3.63) is 59.7 Å². The summed E-state index contributed by atoms with van der Waals surface area (Å²) in [5.74, 6) is 1.12. The number of nitrogens with zero attached hydrogens (tertiary/aromatic N) is 2. The molecule has 30 heavy (non-hydrogen) atoms. The third-order valence-corrected chi connectivity index (χ3v) is 6.39. The first-order chi connectivity index (χ1) is 14.6. The van der Waals surface area contributed by atoms with E-state index in [1.807, 2.05) is 30.3 Å². The zero-order chi connectivity index (χ0) is 21.1. The molecule has 0 bridgehead atoms. The van der Waals surface area contributed by atoms with Crippen LogP contribution in [0.5, 0.6) is 0 Å². The van der Waals surface area contributed by atoms with Crippen molar-refractivity contribution in [3.8, 4) is 0 Å². The molecule has 2 saturated heterocycles. The number of carbonyl (C=O) groups excluding carboxylic acids is 1. The molecule has 0 aromatic rings. The van der Waals surface area contributed by atoms with Gasteiger partial charge in [0.2, 0.25) is 0 Å². The van der Waals surface area contributed by atoms with Crippen molar-refractivity contribution in [2.24, 2.45) is 5.41 Å². The molecule has 1 amide bonds. The van der Waals surface area contributed by atoms with Crippen LogP contribution in [0.25, 0.3) is 0 Å². The van der Waals surface area contributed by atoms with Gasteiger partial charge in [-0.1, -0.05) is 12.7 Å². The number of ether oxygens (including phenoxy) is 1. The van der Waals surface area contributed by atoms with Crippen molar-refractivity contribution in [1.82, 2.24) is 25.8 Å². The molecule has 7 nitrogen and oxygen atoms in total. The summed E-state index contributed by atoms with van der Waals surface area (Å²) in [4.78, 5) is 17.5. The fourth-order valence-corrected chi connectivity index (χ4v) is 4.67. The molecule has 4 rings (SSSR count). The number of rotatable bonds is 6. The second-order valence-electron chi connectivity index (χ2n) is 8.46. The van der Waals surface area contributed by atoms with Crippen LogP contribution in [0.2, 0.25) is 0 Å². The van der Waals surface area contributed by atoms with Crippen LogP contribution < -0.4 is 16.0 Å². The quantitative estimate of drug-likeness (QED) is 0.614. The Bertz CT molecular complexity index is 821. The van der Waals surface area contributed by atoms with Gasteiger partial charge in [0.1, 0.15) is 5.82 Å². The summed E-state index contributed by atoms with van der Waals surface area (Å²) >= 11 is 0. The van der Waals surface area contributed by atoms with E-state index in [1.54, 1.807) is 0 Å². The van der Waals surface area contributed by atoms with E-state index in [1.165, 1.54) is 0 Å². The van der Waals surface area contributed by atoms with Crippen molar-refractivity contribution in [2.75, 3.05) is 46.4 Å². The van der Waals surface area contributed by atoms with Crippen LogP contribution in [-0.4, -0.2) is 68.3 Å². The molecule has 3 N–H and O–H groups in total. The van der Waals surface area contributed by atoms with Gasteiger partial charge in [0.15, 0.2) is 0 Å². The zero-order valence-electron chi connectivity index (χ0n) is 18.0. The molecule has 0 aliphatic carbocycles. The fraction of sp³-hybridized carbons (Fsp3) is 0.522. The molecule has 0 aromatic carbocycles. The molecule has 4 heterocycles. The lowest BCUT2D eigenvalue weighted by atomic mass is 9.78. The Morgan fingerprint density at radius 3 is 3.00 bits per heavy atom. The summed E-state index contributed by atoms with van der Waals surface area (Å²) < 4.78 is 5.44. The molecule has 0 saturated carbocycles. The normalized spacial score (nSPS) is 25.0. The van der Waals surface area contributed by atoms with Crippen LogP contribution in [0, 0.1) is 5.41 Å². The van der Waals surface area contributed by atoms with E-state index in [0.717, 1.165) is 68.4 Å². The molecule has 0 aromatic heterocycles. The fourth-order valence-electron chi connectivity index (χ4n) is 4.67. The first-order valence-electron chi connectivity index (χ1n) is 10.9. The maximum absolute atomic E-state index is 13.2. The lowest BCUT2D eigenvalue weighted by Gasteiger charge is -2.48. The largest absolute Gasteiger partial charge is 0.380 e. The third-order valence-electron chi connectivity index (χ3n) is 6.39. The van der Waals surface area contributed by atoms with Gasteiger partial charge in [-0.15, -0.1) is 0 Å².